The molecule has 4 bridgehead atoms. The maximum absolute atomic E-state index is 10.2. The van der Waals surface area contributed by atoms with Gasteiger partial charge in [-0.05, 0) is 86.2 Å². The maximum Gasteiger partial charge on any atom is 0.294 e. The molecule has 5 rings (SSSR count). The van der Waals surface area contributed by atoms with Crippen molar-refractivity contribution in [2.45, 2.75) is 56.9 Å². The predicted molar refractivity (Wildman–Crippen MR) is 95.2 cm³/mol. The molecule has 4 saturated carbocycles. The van der Waals surface area contributed by atoms with E-state index in [0.29, 0.717) is 18.3 Å². The summed E-state index contributed by atoms with van der Waals surface area (Å²) in [6.07, 6.45) is 9.20. The molecule has 0 unspecified atom stereocenters. The van der Waals surface area contributed by atoms with E-state index >= 15 is 0 Å². The minimum Gasteiger partial charge on any atom is -0.321 e. The molecule has 0 aliphatic heterocycles. The van der Waals surface area contributed by atoms with Crippen LogP contribution >= 0.6 is 0 Å². The number of benzene rings is 1. The van der Waals surface area contributed by atoms with Crippen molar-refractivity contribution in [3.05, 3.63) is 45.5 Å². The van der Waals surface area contributed by atoms with E-state index < -0.39 is 5.09 Å². The number of nitrogens with two attached hydrogens (primary N) is 1. The second-order valence-corrected chi connectivity index (χ2v) is 8.45. The largest absolute Gasteiger partial charge is 0.321 e. The Labute approximate surface area is 149 Å². The van der Waals surface area contributed by atoms with Crippen molar-refractivity contribution >= 4 is 0 Å². The Balaban J connectivity index is 1.43. The van der Waals surface area contributed by atoms with Gasteiger partial charge in [-0.25, -0.2) is 0 Å². The predicted octanol–water partition coefficient (Wildman–Crippen LogP) is 3.83. The lowest BCUT2D eigenvalue weighted by molar-refractivity contribution is -0.757. The molecule has 0 aromatic heterocycles. The average Bonchev–Trinajstić information content (AvgIpc) is 2.58. The molecule has 136 valence electrons. The third-order valence-electron chi connectivity index (χ3n) is 6.97. The van der Waals surface area contributed by atoms with Gasteiger partial charge in [-0.2, -0.15) is 0 Å². The van der Waals surface area contributed by atoms with Crippen molar-refractivity contribution in [3.8, 4) is 0 Å². The van der Waals surface area contributed by atoms with Gasteiger partial charge in [-0.1, -0.05) is 24.3 Å². The van der Waals surface area contributed by atoms with Crippen LogP contribution in [0, 0.1) is 33.8 Å². The molecule has 1 aromatic rings. The molecule has 25 heavy (non-hydrogen) atoms. The van der Waals surface area contributed by atoms with Crippen LogP contribution in [0.2, 0.25) is 0 Å². The van der Waals surface area contributed by atoms with Crippen LogP contribution in [0.1, 0.15) is 56.1 Å². The molecule has 4 aliphatic carbocycles. The zero-order valence-electron chi connectivity index (χ0n) is 14.7. The molecule has 4 aliphatic rings. The number of aryl methyl sites for hydroxylation is 1. The van der Waals surface area contributed by atoms with E-state index in [1.807, 2.05) is 0 Å². The molecular weight excluding hydrogens is 316 g/mol. The van der Waals surface area contributed by atoms with Gasteiger partial charge in [0.1, 0.15) is 0 Å². The van der Waals surface area contributed by atoms with Crippen LogP contribution in [0.25, 0.3) is 0 Å². The quantitative estimate of drug-likeness (QED) is 0.463. The molecule has 1 aromatic carbocycles. The zero-order chi connectivity index (χ0) is 17.4. The Bertz CT molecular complexity index is 618. The van der Waals surface area contributed by atoms with Crippen LogP contribution in [-0.4, -0.2) is 11.7 Å². The van der Waals surface area contributed by atoms with Gasteiger partial charge >= 0.3 is 0 Å². The minimum absolute atomic E-state index is 0.141. The van der Waals surface area contributed by atoms with E-state index in [2.05, 4.69) is 29.1 Å². The molecule has 4 fully saturated rings. The fraction of sp³-hybridized carbons (Fsp3) is 0.700. The summed E-state index contributed by atoms with van der Waals surface area (Å²) < 4.78 is 0. The van der Waals surface area contributed by atoms with E-state index in [-0.39, 0.29) is 12.1 Å². The monoisotopic (exact) mass is 344 g/mol. The van der Waals surface area contributed by atoms with Gasteiger partial charge in [-0.3, -0.25) is 0 Å². The Kier molecular flexibility index (Phi) is 4.44. The van der Waals surface area contributed by atoms with Gasteiger partial charge in [0.2, 0.25) is 0 Å². The molecule has 0 radical (unpaired) electrons. The number of hydrogen-bond donors (Lipinski definition) is 1. The van der Waals surface area contributed by atoms with Gasteiger partial charge in [0.05, 0.1) is 6.61 Å². The molecule has 0 spiro atoms. The summed E-state index contributed by atoms with van der Waals surface area (Å²) in [6.45, 7) is 0.181. The van der Waals surface area contributed by atoms with Crippen LogP contribution < -0.4 is 5.73 Å². The molecule has 5 heteroatoms. The summed E-state index contributed by atoms with van der Waals surface area (Å²) in [5, 5.41) is 9.46. The summed E-state index contributed by atoms with van der Waals surface area (Å²) in [7, 11) is 0. The molecule has 0 saturated heterocycles. The van der Waals surface area contributed by atoms with E-state index in [1.165, 1.54) is 43.2 Å². The van der Waals surface area contributed by atoms with Gasteiger partial charge in [0, 0.05) is 5.54 Å². The van der Waals surface area contributed by atoms with E-state index in [1.54, 1.807) is 0 Å². The highest BCUT2D eigenvalue weighted by atomic mass is 16.9. The van der Waals surface area contributed by atoms with Crippen molar-refractivity contribution in [1.82, 2.24) is 0 Å². The average molecular weight is 344 g/mol. The van der Waals surface area contributed by atoms with Crippen molar-refractivity contribution in [3.63, 3.8) is 0 Å². The number of unbranched alkanes of at least 4 members (excludes halogenated alkanes) is 1. The van der Waals surface area contributed by atoms with Crippen LogP contribution in [0.5, 0.6) is 0 Å². The van der Waals surface area contributed by atoms with Crippen LogP contribution in [0.3, 0.4) is 0 Å². The second-order valence-electron chi connectivity index (χ2n) is 8.45. The summed E-state index contributed by atoms with van der Waals surface area (Å²) >= 11 is 0. The summed E-state index contributed by atoms with van der Waals surface area (Å²) in [4.78, 5) is 14.6. The first-order chi connectivity index (χ1) is 12.1. The fourth-order valence-corrected chi connectivity index (χ4v) is 6.00. The first kappa shape index (κ1) is 16.8. The highest BCUT2D eigenvalue weighted by Crippen LogP contribution is 2.60. The Morgan fingerprint density at radius 3 is 2.44 bits per heavy atom. The lowest BCUT2D eigenvalue weighted by Gasteiger charge is -2.60. The normalized spacial score (nSPS) is 35.7. The first-order valence-corrected chi connectivity index (χ1v) is 9.71. The number of nitrogens with zero attached hydrogens (tertiary/aromatic N) is 1. The van der Waals surface area contributed by atoms with Gasteiger partial charge in [0.15, 0.2) is 0 Å². The Hall–Kier alpha value is -1.62. The molecule has 0 amide bonds. The highest BCUT2D eigenvalue weighted by molar-refractivity contribution is 5.33. The molecule has 0 heterocycles. The zero-order valence-corrected chi connectivity index (χ0v) is 14.7. The summed E-state index contributed by atoms with van der Waals surface area (Å²) in [5.74, 6) is 3.13. The summed E-state index contributed by atoms with van der Waals surface area (Å²) in [5.41, 5.74) is 9.56. The van der Waals surface area contributed by atoms with E-state index in [4.69, 9.17) is 5.73 Å². The highest BCUT2D eigenvalue weighted by Gasteiger charge is 2.55. The van der Waals surface area contributed by atoms with Gasteiger partial charge in [0.25, 0.3) is 5.09 Å². The van der Waals surface area contributed by atoms with Crippen molar-refractivity contribution in [2.75, 3.05) is 6.61 Å². The Morgan fingerprint density at radius 1 is 1.12 bits per heavy atom. The minimum atomic E-state index is -0.717. The van der Waals surface area contributed by atoms with Crippen molar-refractivity contribution < 1.29 is 9.92 Å². The lowest BCUT2D eigenvalue weighted by atomic mass is 9.47. The molecule has 5 nitrogen and oxygen atoms in total. The van der Waals surface area contributed by atoms with Crippen LogP contribution in [0.15, 0.2) is 24.3 Å². The van der Waals surface area contributed by atoms with Crippen molar-refractivity contribution in [2.24, 2.45) is 29.4 Å². The second kappa shape index (κ2) is 6.60. The SMILES string of the molecule is NC1(c2cccc(CCCCO[N+](=O)[O-])c2)C2CC3CC(C2)CC1C3. The molecule has 0 atom stereocenters. The fourth-order valence-electron chi connectivity index (χ4n) is 6.00. The standard InChI is InChI=1S/C20H28N2O3/c21-20(18-10-15-8-16(12-18)13-19(20)11-15)17-6-3-5-14(9-17)4-1-2-7-25-22(23)24/h3,5-6,9,15-16,18-19H,1-2,4,7-8,10-13,21H2. The van der Waals surface area contributed by atoms with Crippen LogP contribution in [0.4, 0.5) is 0 Å². The van der Waals surface area contributed by atoms with E-state index in [9.17, 15) is 10.1 Å². The van der Waals surface area contributed by atoms with E-state index in [0.717, 1.165) is 24.7 Å². The first-order valence-electron chi connectivity index (χ1n) is 9.71. The third-order valence-corrected chi connectivity index (χ3v) is 6.97. The number of rotatable bonds is 7. The number of hydrogen-bond acceptors (Lipinski definition) is 4. The van der Waals surface area contributed by atoms with Gasteiger partial charge in [-0.15, -0.1) is 10.1 Å². The molecular formula is C20H28N2O3. The Morgan fingerprint density at radius 2 is 1.80 bits per heavy atom. The maximum atomic E-state index is 10.2. The smallest absolute Gasteiger partial charge is 0.294 e. The van der Waals surface area contributed by atoms with Crippen molar-refractivity contribution in [1.29, 1.82) is 0 Å². The third kappa shape index (κ3) is 3.14. The van der Waals surface area contributed by atoms with Crippen LogP contribution in [-0.2, 0) is 16.8 Å². The molecule has 2 N–H and O–H groups in total. The van der Waals surface area contributed by atoms with Gasteiger partial charge < -0.3 is 10.6 Å². The summed E-state index contributed by atoms with van der Waals surface area (Å²) in [6, 6.07) is 8.81. The topological polar surface area (TPSA) is 78.4 Å². The lowest BCUT2D eigenvalue weighted by Crippen LogP contribution is -2.60.